The van der Waals surface area contributed by atoms with Crippen LogP contribution in [0.25, 0.3) is 10.9 Å². The molecule has 1 fully saturated rings. The van der Waals surface area contributed by atoms with Crippen LogP contribution in [0.15, 0.2) is 24.3 Å². The van der Waals surface area contributed by atoms with Crippen molar-refractivity contribution in [2.75, 3.05) is 31.2 Å². The normalized spacial score (nSPS) is 18.6. The van der Waals surface area contributed by atoms with E-state index in [1.807, 2.05) is 6.07 Å². The second-order valence-corrected chi connectivity index (χ2v) is 6.20. The van der Waals surface area contributed by atoms with E-state index in [1.54, 1.807) is 0 Å². The van der Waals surface area contributed by atoms with Gasteiger partial charge < -0.3 is 14.7 Å². The predicted octanol–water partition coefficient (Wildman–Crippen LogP) is 3.08. The van der Waals surface area contributed by atoms with Crippen molar-refractivity contribution in [1.29, 1.82) is 0 Å². The van der Waals surface area contributed by atoms with Crippen LogP contribution < -0.4 is 4.90 Å². The van der Waals surface area contributed by atoms with Crippen LogP contribution in [-0.4, -0.2) is 42.5 Å². The summed E-state index contributed by atoms with van der Waals surface area (Å²) in [6.07, 6.45) is 3.37. The zero-order chi connectivity index (χ0) is 16.2. The molecule has 1 atom stereocenters. The number of aromatic nitrogens is 1. The van der Waals surface area contributed by atoms with Crippen LogP contribution in [0, 0.1) is 6.92 Å². The molecule has 1 aliphatic rings. The van der Waals surface area contributed by atoms with E-state index in [0.29, 0.717) is 6.61 Å². The zero-order valence-electron chi connectivity index (χ0n) is 14.1. The minimum Gasteiger partial charge on any atom is -0.394 e. The third-order valence-electron chi connectivity index (χ3n) is 4.66. The number of benzene rings is 1. The first-order chi connectivity index (χ1) is 11.2. The molecule has 1 aromatic carbocycles. The molecule has 0 radical (unpaired) electrons. The standard InChI is InChI=1S/C19H26N2O2/c1-3-16-14(2)20-18-9-5-4-8-17(18)19(16)21-10-6-7-15(13-21)23-12-11-22/h4-5,8-9,15,22H,3,6-7,10-13H2,1-2H3. The maximum atomic E-state index is 8.99. The van der Waals surface area contributed by atoms with Crippen molar-refractivity contribution < 1.29 is 9.84 Å². The highest BCUT2D eigenvalue weighted by atomic mass is 16.5. The molecule has 1 N–H and O–H groups in total. The Kier molecular flexibility index (Phi) is 5.13. The van der Waals surface area contributed by atoms with E-state index >= 15 is 0 Å². The number of anilines is 1. The number of pyridine rings is 1. The molecule has 2 heterocycles. The monoisotopic (exact) mass is 314 g/mol. The Labute approximate surface area is 138 Å². The molecule has 0 aliphatic carbocycles. The lowest BCUT2D eigenvalue weighted by atomic mass is 10.00. The fourth-order valence-corrected chi connectivity index (χ4v) is 3.63. The second-order valence-electron chi connectivity index (χ2n) is 6.20. The van der Waals surface area contributed by atoms with Crippen LogP contribution in [0.4, 0.5) is 5.69 Å². The highest BCUT2D eigenvalue weighted by Gasteiger charge is 2.24. The van der Waals surface area contributed by atoms with Crippen LogP contribution in [0.2, 0.25) is 0 Å². The van der Waals surface area contributed by atoms with Gasteiger partial charge in [0.2, 0.25) is 0 Å². The van der Waals surface area contributed by atoms with Crippen LogP contribution in [0.5, 0.6) is 0 Å². The number of aliphatic hydroxyl groups excluding tert-OH is 1. The minimum atomic E-state index is 0.0913. The fourth-order valence-electron chi connectivity index (χ4n) is 3.63. The summed E-state index contributed by atoms with van der Waals surface area (Å²) >= 11 is 0. The summed E-state index contributed by atoms with van der Waals surface area (Å²) in [4.78, 5) is 7.24. The number of hydrogen-bond acceptors (Lipinski definition) is 4. The smallest absolute Gasteiger partial charge is 0.0751 e. The molecule has 0 amide bonds. The van der Waals surface area contributed by atoms with E-state index in [1.165, 1.54) is 16.6 Å². The van der Waals surface area contributed by atoms with Crippen molar-refractivity contribution in [1.82, 2.24) is 4.98 Å². The number of aliphatic hydroxyl groups is 1. The Morgan fingerprint density at radius 3 is 2.96 bits per heavy atom. The first-order valence-corrected chi connectivity index (χ1v) is 8.60. The molecule has 1 aromatic heterocycles. The first-order valence-electron chi connectivity index (χ1n) is 8.60. The second kappa shape index (κ2) is 7.28. The van der Waals surface area contributed by atoms with Gasteiger partial charge in [0.25, 0.3) is 0 Å². The van der Waals surface area contributed by atoms with Gasteiger partial charge in [-0.1, -0.05) is 25.1 Å². The van der Waals surface area contributed by atoms with Gasteiger partial charge >= 0.3 is 0 Å². The molecule has 23 heavy (non-hydrogen) atoms. The maximum absolute atomic E-state index is 8.99. The topological polar surface area (TPSA) is 45.6 Å². The number of rotatable bonds is 5. The first kappa shape index (κ1) is 16.2. The lowest BCUT2D eigenvalue weighted by Crippen LogP contribution is -2.40. The molecular weight excluding hydrogens is 288 g/mol. The average Bonchev–Trinajstić information content (AvgIpc) is 2.59. The van der Waals surface area contributed by atoms with Gasteiger partial charge in [0, 0.05) is 24.2 Å². The molecule has 4 nitrogen and oxygen atoms in total. The van der Waals surface area contributed by atoms with Crippen LogP contribution in [0.3, 0.4) is 0 Å². The minimum absolute atomic E-state index is 0.0913. The van der Waals surface area contributed by atoms with Crippen LogP contribution in [-0.2, 0) is 11.2 Å². The van der Waals surface area contributed by atoms with Gasteiger partial charge in [-0.05, 0) is 37.8 Å². The van der Waals surface area contributed by atoms with Gasteiger partial charge in [0.1, 0.15) is 0 Å². The summed E-state index contributed by atoms with van der Waals surface area (Å²) < 4.78 is 5.79. The maximum Gasteiger partial charge on any atom is 0.0751 e. The summed E-state index contributed by atoms with van der Waals surface area (Å²) in [5.74, 6) is 0. The third kappa shape index (κ3) is 3.33. The quantitative estimate of drug-likeness (QED) is 0.921. The fraction of sp³-hybridized carbons (Fsp3) is 0.526. The zero-order valence-corrected chi connectivity index (χ0v) is 14.1. The highest BCUT2D eigenvalue weighted by Crippen LogP contribution is 2.34. The number of hydrogen-bond donors (Lipinski definition) is 1. The summed E-state index contributed by atoms with van der Waals surface area (Å²) in [7, 11) is 0. The third-order valence-corrected chi connectivity index (χ3v) is 4.66. The molecule has 3 rings (SSSR count). The van der Waals surface area contributed by atoms with Gasteiger partial charge in [-0.3, -0.25) is 4.98 Å². The van der Waals surface area contributed by atoms with Crippen LogP contribution >= 0.6 is 0 Å². The van der Waals surface area contributed by atoms with Crippen molar-refractivity contribution in [3.05, 3.63) is 35.5 Å². The Bertz CT molecular complexity index is 672. The summed E-state index contributed by atoms with van der Waals surface area (Å²) in [5, 5.41) is 10.2. The Morgan fingerprint density at radius 2 is 2.17 bits per heavy atom. The summed E-state index contributed by atoms with van der Waals surface area (Å²) in [6.45, 7) is 6.77. The van der Waals surface area contributed by atoms with E-state index < -0.39 is 0 Å². The number of nitrogens with zero attached hydrogens (tertiary/aromatic N) is 2. The van der Waals surface area contributed by atoms with Gasteiger partial charge in [-0.2, -0.15) is 0 Å². The summed E-state index contributed by atoms with van der Waals surface area (Å²) in [6, 6.07) is 8.41. The van der Waals surface area contributed by atoms with Crippen molar-refractivity contribution >= 4 is 16.6 Å². The van der Waals surface area contributed by atoms with Gasteiger partial charge in [0.15, 0.2) is 0 Å². The molecular formula is C19H26N2O2. The van der Waals surface area contributed by atoms with E-state index in [4.69, 9.17) is 14.8 Å². The Morgan fingerprint density at radius 1 is 1.35 bits per heavy atom. The molecule has 0 saturated carbocycles. The molecule has 1 saturated heterocycles. The largest absolute Gasteiger partial charge is 0.394 e. The van der Waals surface area contributed by atoms with Crippen molar-refractivity contribution in [2.24, 2.45) is 0 Å². The van der Waals surface area contributed by atoms with Crippen LogP contribution in [0.1, 0.15) is 31.0 Å². The van der Waals surface area contributed by atoms with Gasteiger partial charge in [-0.25, -0.2) is 0 Å². The van der Waals surface area contributed by atoms with E-state index in [0.717, 1.165) is 43.6 Å². The van der Waals surface area contributed by atoms with E-state index in [2.05, 4.69) is 36.9 Å². The Balaban J connectivity index is 2.00. The van der Waals surface area contributed by atoms with E-state index in [9.17, 15) is 0 Å². The summed E-state index contributed by atoms with van der Waals surface area (Å²) in [5.41, 5.74) is 4.86. The molecule has 0 spiro atoms. The predicted molar refractivity (Wildman–Crippen MR) is 94.1 cm³/mol. The number of aryl methyl sites for hydroxylation is 1. The highest BCUT2D eigenvalue weighted by molar-refractivity contribution is 5.94. The number of para-hydroxylation sites is 1. The number of fused-ring (bicyclic) bond motifs is 1. The van der Waals surface area contributed by atoms with Gasteiger partial charge in [-0.15, -0.1) is 0 Å². The molecule has 124 valence electrons. The SMILES string of the molecule is CCc1c(C)nc2ccccc2c1N1CCCC(OCCO)C1. The number of piperidine rings is 1. The average molecular weight is 314 g/mol. The number of ether oxygens (including phenoxy) is 1. The molecule has 1 unspecified atom stereocenters. The van der Waals surface area contributed by atoms with Crippen molar-refractivity contribution in [2.45, 2.75) is 39.2 Å². The Hall–Kier alpha value is -1.65. The van der Waals surface area contributed by atoms with Gasteiger partial charge in [0.05, 0.1) is 30.5 Å². The van der Waals surface area contributed by atoms with Crippen molar-refractivity contribution in [3.63, 3.8) is 0 Å². The molecule has 4 heteroatoms. The van der Waals surface area contributed by atoms with Crippen molar-refractivity contribution in [3.8, 4) is 0 Å². The molecule has 0 bridgehead atoms. The molecule has 2 aromatic rings. The lowest BCUT2D eigenvalue weighted by Gasteiger charge is -2.36. The molecule has 1 aliphatic heterocycles. The van der Waals surface area contributed by atoms with E-state index in [-0.39, 0.29) is 12.7 Å². The lowest BCUT2D eigenvalue weighted by molar-refractivity contribution is 0.0215.